The summed E-state index contributed by atoms with van der Waals surface area (Å²) in [7, 11) is 2.73. The van der Waals surface area contributed by atoms with E-state index in [1.165, 1.54) is 25.2 Å². The molecule has 1 N–H and O–H groups in total. The van der Waals surface area contributed by atoms with Crippen LogP contribution in [0.3, 0.4) is 0 Å². The van der Waals surface area contributed by atoms with E-state index in [1.807, 2.05) is 19.1 Å². The fourth-order valence-corrected chi connectivity index (χ4v) is 5.37. The van der Waals surface area contributed by atoms with Gasteiger partial charge in [-0.3, -0.25) is 9.59 Å². The summed E-state index contributed by atoms with van der Waals surface area (Å²) in [6, 6.07) is 14.3. The zero-order valence-corrected chi connectivity index (χ0v) is 23.8. The minimum Gasteiger partial charge on any atom is -0.507 e. The lowest BCUT2D eigenvalue weighted by atomic mass is 9.94. The molecule has 40 heavy (non-hydrogen) atoms. The highest BCUT2D eigenvalue weighted by Gasteiger charge is 2.46. The number of carbonyl (C=O) groups is 3. The molecule has 3 aromatic rings. The molecule has 0 saturated carbocycles. The summed E-state index contributed by atoms with van der Waals surface area (Å²) in [6.45, 7) is 3.88. The van der Waals surface area contributed by atoms with Crippen LogP contribution in [0, 0.1) is 6.92 Å². The van der Waals surface area contributed by atoms with E-state index in [2.05, 4.69) is 0 Å². The van der Waals surface area contributed by atoms with Gasteiger partial charge in [-0.1, -0.05) is 65.2 Å². The third-order valence-corrected chi connectivity index (χ3v) is 7.13. The molecule has 1 unspecified atom stereocenters. The molecule has 0 aliphatic carbocycles. The maximum Gasteiger partial charge on any atom is 0.338 e. The lowest BCUT2D eigenvalue weighted by molar-refractivity contribution is -0.140. The number of amides is 1. The van der Waals surface area contributed by atoms with E-state index in [0.717, 1.165) is 5.56 Å². The Hall–Kier alpha value is -4.01. The third kappa shape index (κ3) is 5.37. The number of hydrogen-bond acceptors (Lipinski definition) is 7. The van der Waals surface area contributed by atoms with Crippen LogP contribution in [0.25, 0.3) is 5.76 Å². The normalized spacial score (nSPS) is 16.2. The molecule has 10 heteroatoms. The summed E-state index contributed by atoms with van der Waals surface area (Å²) in [5.74, 6) is -2.46. The molecule has 1 saturated heterocycles. The average molecular weight is 584 g/mol. The maximum absolute atomic E-state index is 13.5. The van der Waals surface area contributed by atoms with E-state index < -0.39 is 29.5 Å². The molecule has 1 aliphatic heterocycles. The van der Waals surface area contributed by atoms with Crippen LogP contribution in [-0.4, -0.2) is 48.5 Å². The van der Waals surface area contributed by atoms with Gasteiger partial charge in [0, 0.05) is 6.54 Å². The lowest BCUT2D eigenvalue weighted by Crippen LogP contribution is -2.29. The highest BCUT2D eigenvalue weighted by atomic mass is 35.5. The van der Waals surface area contributed by atoms with E-state index in [9.17, 15) is 19.5 Å². The van der Waals surface area contributed by atoms with Gasteiger partial charge in [0.25, 0.3) is 11.7 Å². The van der Waals surface area contributed by atoms with Crippen LogP contribution in [-0.2, 0) is 20.9 Å². The van der Waals surface area contributed by atoms with Crippen LogP contribution in [0.1, 0.15) is 45.6 Å². The standard InChI is InChI=1S/C30H27Cl2NO7/c1-5-40-30(37)18-11-9-17(10-12-18)15-33-24(19-8-6-7-16(2)13-19)22(26(35)29(33)36)25(34)20-14-21(31)28(39-4)23(32)27(20)38-3/h6-14,24,34H,5,15H2,1-4H3/b25-22+. The second kappa shape index (κ2) is 12.0. The Morgan fingerprint density at radius 2 is 1.68 bits per heavy atom. The summed E-state index contributed by atoms with van der Waals surface area (Å²) in [5.41, 5.74) is 2.44. The van der Waals surface area contributed by atoms with Crippen molar-refractivity contribution in [2.24, 2.45) is 0 Å². The molecule has 0 radical (unpaired) electrons. The van der Waals surface area contributed by atoms with Gasteiger partial charge >= 0.3 is 5.97 Å². The Labute approximate surface area is 241 Å². The molecule has 0 aromatic heterocycles. The summed E-state index contributed by atoms with van der Waals surface area (Å²) in [4.78, 5) is 40.4. The van der Waals surface area contributed by atoms with Crippen molar-refractivity contribution in [3.05, 3.63) is 98.0 Å². The summed E-state index contributed by atoms with van der Waals surface area (Å²) in [6.07, 6.45) is 0. The van der Waals surface area contributed by atoms with Crippen LogP contribution < -0.4 is 9.47 Å². The van der Waals surface area contributed by atoms with Gasteiger partial charge in [0.05, 0.1) is 48.6 Å². The summed E-state index contributed by atoms with van der Waals surface area (Å²) < 4.78 is 15.7. The number of ether oxygens (including phenoxy) is 3. The van der Waals surface area contributed by atoms with Crippen molar-refractivity contribution in [3.63, 3.8) is 0 Å². The van der Waals surface area contributed by atoms with Crippen LogP contribution in [0.5, 0.6) is 11.5 Å². The number of benzene rings is 3. The predicted octanol–water partition coefficient (Wildman–Crippen LogP) is 6.12. The lowest BCUT2D eigenvalue weighted by Gasteiger charge is -2.26. The number of hydrogen-bond donors (Lipinski definition) is 1. The number of likely N-dealkylation sites (tertiary alicyclic amines) is 1. The van der Waals surface area contributed by atoms with Crippen LogP contribution in [0.2, 0.25) is 10.0 Å². The molecule has 4 rings (SSSR count). The van der Waals surface area contributed by atoms with Gasteiger partial charge in [0.1, 0.15) is 10.8 Å². The first-order chi connectivity index (χ1) is 19.1. The van der Waals surface area contributed by atoms with Gasteiger partial charge in [0.2, 0.25) is 0 Å². The number of halogens is 2. The van der Waals surface area contributed by atoms with Gasteiger partial charge in [0.15, 0.2) is 11.5 Å². The first-order valence-corrected chi connectivity index (χ1v) is 13.1. The number of rotatable bonds is 8. The molecule has 3 aromatic carbocycles. The van der Waals surface area contributed by atoms with Gasteiger partial charge in [-0.2, -0.15) is 0 Å². The van der Waals surface area contributed by atoms with Gasteiger partial charge in [-0.05, 0) is 43.2 Å². The van der Waals surface area contributed by atoms with Gasteiger partial charge < -0.3 is 24.2 Å². The summed E-state index contributed by atoms with van der Waals surface area (Å²) in [5, 5.41) is 11.6. The first kappa shape index (κ1) is 29.0. The second-order valence-corrected chi connectivity index (χ2v) is 9.83. The zero-order chi connectivity index (χ0) is 29.1. The third-order valence-electron chi connectivity index (χ3n) is 6.51. The van der Waals surface area contributed by atoms with Crippen molar-refractivity contribution >= 4 is 46.6 Å². The van der Waals surface area contributed by atoms with Crippen molar-refractivity contribution in [2.45, 2.75) is 26.4 Å². The fraction of sp³-hybridized carbons (Fsp3) is 0.233. The molecule has 1 amide bonds. The molecule has 8 nitrogen and oxygen atoms in total. The first-order valence-electron chi connectivity index (χ1n) is 12.3. The number of aryl methyl sites for hydroxylation is 1. The van der Waals surface area contributed by atoms with Crippen molar-refractivity contribution < 1.29 is 33.7 Å². The maximum atomic E-state index is 13.5. The Kier molecular flexibility index (Phi) is 8.71. The van der Waals surface area contributed by atoms with E-state index in [4.69, 9.17) is 37.4 Å². The van der Waals surface area contributed by atoms with Crippen LogP contribution in [0.15, 0.2) is 60.2 Å². The Balaban J connectivity index is 1.86. The SMILES string of the molecule is CCOC(=O)c1ccc(CN2C(=O)C(=O)/C(=C(/O)c3cc(Cl)c(OC)c(Cl)c3OC)C2c2cccc(C)c2)cc1. The Morgan fingerprint density at radius 1 is 1.00 bits per heavy atom. The van der Waals surface area contributed by atoms with E-state index in [1.54, 1.807) is 43.3 Å². The molecule has 1 aliphatic rings. The number of esters is 1. The smallest absolute Gasteiger partial charge is 0.338 e. The Bertz CT molecular complexity index is 1520. The van der Waals surface area contributed by atoms with Crippen LogP contribution >= 0.6 is 23.2 Å². The molecule has 208 valence electrons. The largest absolute Gasteiger partial charge is 0.507 e. The molecule has 0 bridgehead atoms. The summed E-state index contributed by atoms with van der Waals surface area (Å²) >= 11 is 12.8. The minimum atomic E-state index is -0.936. The quantitative estimate of drug-likeness (QED) is 0.147. The topological polar surface area (TPSA) is 102 Å². The zero-order valence-electron chi connectivity index (χ0n) is 22.3. The molecule has 1 fully saturated rings. The van der Waals surface area contributed by atoms with E-state index in [0.29, 0.717) is 16.7 Å². The number of aliphatic hydroxyl groups is 1. The average Bonchev–Trinajstić information content (AvgIpc) is 3.18. The number of aliphatic hydroxyl groups excluding tert-OH is 1. The van der Waals surface area contributed by atoms with Crippen molar-refractivity contribution in [3.8, 4) is 11.5 Å². The van der Waals surface area contributed by atoms with Crippen LogP contribution in [0.4, 0.5) is 0 Å². The van der Waals surface area contributed by atoms with Gasteiger partial charge in [-0.25, -0.2) is 4.79 Å². The van der Waals surface area contributed by atoms with Crippen molar-refractivity contribution in [2.75, 3.05) is 20.8 Å². The Morgan fingerprint density at radius 3 is 2.27 bits per heavy atom. The molecule has 0 spiro atoms. The monoisotopic (exact) mass is 583 g/mol. The molecular formula is C30H27Cl2NO7. The fourth-order valence-electron chi connectivity index (χ4n) is 4.68. The van der Waals surface area contributed by atoms with E-state index >= 15 is 0 Å². The second-order valence-electron chi connectivity index (χ2n) is 9.04. The van der Waals surface area contributed by atoms with Crippen molar-refractivity contribution in [1.29, 1.82) is 0 Å². The molecule has 1 heterocycles. The number of Topliss-reactive ketones (excluding diaryl/α,β-unsaturated/α-hetero) is 1. The number of carbonyl (C=O) groups excluding carboxylic acids is 3. The predicted molar refractivity (Wildman–Crippen MR) is 151 cm³/mol. The van der Waals surface area contributed by atoms with Crippen molar-refractivity contribution in [1.82, 2.24) is 4.90 Å². The van der Waals surface area contributed by atoms with Gasteiger partial charge in [-0.15, -0.1) is 0 Å². The number of ketones is 1. The number of nitrogens with zero attached hydrogens (tertiary/aromatic N) is 1. The highest BCUT2D eigenvalue weighted by Crippen LogP contribution is 2.47. The van der Waals surface area contributed by atoms with E-state index in [-0.39, 0.29) is 45.8 Å². The molecule has 1 atom stereocenters. The highest BCUT2D eigenvalue weighted by molar-refractivity contribution is 6.47. The number of methoxy groups -OCH3 is 2. The molecular weight excluding hydrogens is 557 g/mol. The minimum absolute atomic E-state index is 0.00192.